The van der Waals surface area contributed by atoms with Crippen molar-refractivity contribution in [2.24, 2.45) is 0 Å². The zero-order valence-corrected chi connectivity index (χ0v) is 17.7. The second-order valence-electron chi connectivity index (χ2n) is 7.61. The number of fused-ring (bicyclic) bond motifs is 2. The minimum absolute atomic E-state index is 0.0695. The third-order valence-corrected chi connectivity index (χ3v) is 8.50. The Balaban J connectivity index is 1.57. The molecule has 0 fully saturated rings. The maximum atomic E-state index is 12.6. The minimum atomic E-state index is 0.0695. The van der Waals surface area contributed by atoms with E-state index in [9.17, 15) is 9.59 Å². The molecule has 0 aromatic heterocycles. The summed E-state index contributed by atoms with van der Waals surface area (Å²) in [4.78, 5) is 25.3. The highest BCUT2D eigenvalue weighted by Crippen LogP contribution is 2.34. The Bertz CT molecular complexity index is 858. The van der Waals surface area contributed by atoms with E-state index in [4.69, 9.17) is 4.74 Å². The van der Waals surface area contributed by atoms with Crippen LogP contribution in [0.5, 0.6) is 11.5 Å². The number of Topliss-reactive ketones (excluding diaryl/α,β-unsaturated/α-hetero) is 2. The van der Waals surface area contributed by atoms with E-state index in [1.165, 1.54) is 0 Å². The van der Waals surface area contributed by atoms with Crippen LogP contribution in [0.3, 0.4) is 0 Å². The molecule has 5 heteroatoms. The molecule has 0 amide bonds. The second kappa shape index (κ2) is 7.02. The van der Waals surface area contributed by atoms with Gasteiger partial charge in [-0.15, -0.1) is 0 Å². The standard InChI is InChI=1S/C22H24O3S2/c1-26(2)19-9-13-5-7-15(11-17(13)21(19)23)25-16-8-6-14-10-20(27(3)4)22(24)18(14)12-16/h5-8,11-12,19-20H,9-10H2,1-4H3/q+2. The highest BCUT2D eigenvalue weighted by Gasteiger charge is 2.40. The predicted octanol–water partition coefficient (Wildman–Crippen LogP) is 3.45. The highest BCUT2D eigenvalue weighted by molar-refractivity contribution is 7.97. The van der Waals surface area contributed by atoms with Gasteiger partial charge in [-0.3, -0.25) is 9.59 Å². The van der Waals surface area contributed by atoms with Crippen molar-refractivity contribution in [3.8, 4) is 11.5 Å². The van der Waals surface area contributed by atoms with E-state index in [1.807, 2.05) is 36.4 Å². The van der Waals surface area contributed by atoms with Crippen LogP contribution in [-0.4, -0.2) is 47.1 Å². The quantitative estimate of drug-likeness (QED) is 0.739. The van der Waals surface area contributed by atoms with Crippen molar-refractivity contribution in [2.45, 2.75) is 23.3 Å². The molecule has 27 heavy (non-hydrogen) atoms. The van der Waals surface area contributed by atoms with Crippen molar-refractivity contribution >= 4 is 33.4 Å². The lowest BCUT2D eigenvalue weighted by atomic mass is 10.1. The summed E-state index contributed by atoms with van der Waals surface area (Å²) >= 11 is 0. The van der Waals surface area contributed by atoms with E-state index in [0.29, 0.717) is 11.5 Å². The van der Waals surface area contributed by atoms with Gasteiger partial charge in [-0.25, -0.2) is 0 Å². The van der Waals surface area contributed by atoms with Crippen molar-refractivity contribution in [2.75, 3.05) is 25.0 Å². The molecule has 2 aromatic carbocycles. The van der Waals surface area contributed by atoms with Crippen LogP contribution in [0.2, 0.25) is 0 Å². The van der Waals surface area contributed by atoms with E-state index >= 15 is 0 Å². The fourth-order valence-electron chi connectivity index (χ4n) is 3.88. The van der Waals surface area contributed by atoms with Crippen molar-refractivity contribution in [3.05, 3.63) is 58.7 Å². The first-order valence-corrected chi connectivity index (χ1v) is 13.2. The molecule has 0 saturated heterocycles. The zero-order chi connectivity index (χ0) is 19.3. The summed E-state index contributed by atoms with van der Waals surface area (Å²) in [5.41, 5.74) is 3.81. The van der Waals surface area contributed by atoms with Gasteiger partial charge in [0.1, 0.15) is 11.5 Å². The van der Waals surface area contributed by atoms with Gasteiger partial charge in [-0.05, 0) is 57.2 Å². The van der Waals surface area contributed by atoms with Gasteiger partial charge in [0.05, 0.1) is 25.0 Å². The Morgan fingerprint density at radius 1 is 0.741 bits per heavy atom. The molecule has 0 aliphatic heterocycles. The molecule has 2 aliphatic rings. The van der Waals surface area contributed by atoms with Crippen molar-refractivity contribution in [1.82, 2.24) is 0 Å². The van der Waals surface area contributed by atoms with Crippen LogP contribution in [0.1, 0.15) is 31.8 Å². The van der Waals surface area contributed by atoms with Gasteiger partial charge in [0, 0.05) is 24.0 Å². The summed E-state index contributed by atoms with van der Waals surface area (Å²) in [5, 5.41) is 0.198. The molecular formula is C22H24O3S2+2. The number of rotatable bonds is 4. The third kappa shape index (κ3) is 3.32. The molecule has 0 heterocycles. The minimum Gasteiger partial charge on any atom is -0.457 e. The molecule has 2 unspecified atom stereocenters. The van der Waals surface area contributed by atoms with Gasteiger partial charge in [-0.2, -0.15) is 0 Å². The number of ether oxygens (including phenoxy) is 1. The molecule has 2 aliphatic carbocycles. The first-order valence-electron chi connectivity index (χ1n) is 9.00. The van der Waals surface area contributed by atoms with Crippen molar-refractivity contribution < 1.29 is 14.3 Å². The summed E-state index contributed by atoms with van der Waals surface area (Å²) in [6, 6.07) is 11.6. The van der Waals surface area contributed by atoms with E-state index < -0.39 is 0 Å². The van der Waals surface area contributed by atoms with E-state index in [-0.39, 0.29) is 43.9 Å². The fourth-order valence-corrected chi connectivity index (χ4v) is 6.02. The third-order valence-electron chi connectivity index (χ3n) is 5.46. The fraction of sp³-hybridized carbons (Fsp3) is 0.364. The lowest BCUT2D eigenvalue weighted by molar-refractivity contribution is 0.0991. The van der Waals surface area contributed by atoms with Crippen LogP contribution in [0.15, 0.2) is 36.4 Å². The average Bonchev–Trinajstić information content (AvgIpc) is 3.13. The summed E-state index contributed by atoms with van der Waals surface area (Å²) in [6.07, 6.45) is 10.2. The Morgan fingerprint density at radius 3 is 1.52 bits per heavy atom. The first-order chi connectivity index (χ1) is 12.8. The molecule has 2 aromatic rings. The second-order valence-corrected chi connectivity index (χ2v) is 12.3. The molecule has 0 N–H and O–H groups in total. The Hall–Kier alpha value is -1.72. The zero-order valence-electron chi connectivity index (χ0n) is 16.1. The number of ketones is 2. The molecule has 0 saturated carbocycles. The first kappa shape index (κ1) is 18.6. The van der Waals surface area contributed by atoms with Crippen LogP contribution in [0, 0.1) is 0 Å². The Labute approximate surface area is 166 Å². The number of hydrogen-bond donors (Lipinski definition) is 0. The molecule has 0 bridgehead atoms. The van der Waals surface area contributed by atoms with Crippen LogP contribution in [0.25, 0.3) is 0 Å². The molecule has 0 radical (unpaired) electrons. The monoisotopic (exact) mass is 400 g/mol. The van der Waals surface area contributed by atoms with Crippen LogP contribution in [-0.2, 0) is 34.6 Å². The SMILES string of the molecule is C[S+](C)C1Cc2ccc(Oc3ccc4c(c3)C(=O)C([S+](C)C)C4)cc2C1=O. The van der Waals surface area contributed by atoms with E-state index in [2.05, 4.69) is 25.0 Å². The topological polar surface area (TPSA) is 43.4 Å². The molecular weight excluding hydrogens is 376 g/mol. The van der Waals surface area contributed by atoms with Crippen LogP contribution >= 0.6 is 0 Å². The van der Waals surface area contributed by atoms with Crippen molar-refractivity contribution in [1.29, 1.82) is 0 Å². The smallest absolute Gasteiger partial charge is 0.215 e. The van der Waals surface area contributed by atoms with Crippen LogP contribution < -0.4 is 4.74 Å². The van der Waals surface area contributed by atoms with Gasteiger partial charge in [-0.1, -0.05) is 12.1 Å². The number of carbonyl (C=O) groups is 2. The molecule has 3 nitrogen and oxygen atoms in total. The molecule has 2 atom stereocenters. The summed E-state index contributed by atoms with van der Waals surface area (Å²) in [5.74, 6) is 1.77. The van der Waals surface area contributed by atoms with E-state index in [1.54, 1.807) is 0 Å². The number of hydrogen-bond acceptors (Lipinski definition) is 3. The lowest BCUT2D eigenvalue weighted by Gasteiger charge is -2.08. The maximum absolute atomic E-state index is 12.6. The van der Waals surface area contributed by atoms with Gasteiger partial charge in [0.25, 0.3) is 0 Å². The van der Waals surface area contributed by atoms with Crippen LogP contribution in [0.4, 0.5) is 0 Å². The lowest BCUT2D eigenvalue weighted by Crippen LogP contribution is -2.25. The molecule has 140 valence electrons. The summed E-state index contributed by atoms with van der Waals surface area (Å²) < 4.78 is 6.02. The maximum Gasteiger partial charge on any atom is 0.215 e. The molecule has 0 spiro atoms. The number of carbonyl (C=O) groups excluding carboxylic acids is 2. The highest BCUT2D eigenvalue weighted by atomic mass is 32.2. The molecule has 4 rings (SSSR count). The van der Waals surface area contributed by atoms with Gasteiger partial charge in [0.2, 0.25) is 11.6 Å². The summed E-state index contributed by atoms with van der Waals surface area (Å²) in [7, 11) is 0.139. The normalized spacial score (nSPS) is 21.1. The Kier molecular flexibility index (Phi) is 4.85. The Morgan fingerprint density at radius 2 is 1.15 bits per heavy atom. The average molecular weight is 401 g/mol. The van der Waals surface area contributed by atoms with Gasteiger partial charge >= 0.3 is 0 Å². The van der Waals surface area contributed by atoms with E-state index in [0.717, 1.165) is 35.1 Å². The van der Waals surface area contributed by atoms with Gasteiger partial charge in [0.15, 0.2) is 10.5 Å². The van der Waals surface area contributed by atoms with Gasteiger partial charge < -0.3 is 4.74 Å². The number of benzene rings is 2. The predicted molar refractivity (Wildman–Crippen MR) is 115 cm³/mol. The largest absolute Gasteiger partial charge is 0.457 e. The summed E-state index contributed by atoms with van der Waals surface area (Å²) in [6.45, 7) is 0. The van der Waals surface area contributed by atoms with Crippen molar-refractivity contribution in [3.63, 3.8) is 0 Å².